The number of hydrogen-bond acceptors (Lipinski definition) is 4. The van der Waals surface area contributed by atoms with Crippen LogP contribution in [0.2, 0.25) is 0 Å². The van der Waals surface area contributed by atoms with Gasteiger partial charge in [-0.2, -0.15) is 11.8 Å². The van der Waals surface area contributed by atoms with E-state index in [9.17, 15) is 9.59 Å². The number of thioether (sulfide) groups is 1. The van der Waals surface area contributed by atoms with E-state index < -0.39 is 11.9 Å². The predicted octanol–water partition coefficient (Wildman–Crippen LogP) is 0.417. The number of carbonyl (C=O) groups excluding carboxylic acids is 2. The molecule has 1 atom stereocenters. The number of hydrogen-bond donors (Lipinski definition) is 1. The number of methoxy groups -OCH3 is 1. The van der Waals surface area contributed by atoms with Crippen LogP contribution >= 0.6 is 11.8 Å². The van der Waals surface area contributed by atoms with E-state index in [1.165, 1.54) is 7.11 Å². The van der Waals surface area contributed by atoms with Gasteiger partial charge in [0, 0.05) is 11.8 Å². The fourth-order valence-electron chi connectivity index (χ4n) is 0.672. The van der Waals surface area contributed by atoms with Crippen molar-refractivity contribution in [1.29, 1.82) is 0 Å². The van der Waals surface area contributed by atoms with Gasteiger partial charge in [-0.05, 0) is 12.7 Å². The lowest BCUT2D eigenvalue weighted by Crippen LogP contribution is -2.33. The third-order valence-electron chi connectivity index (χ3n) is 1.61. The second-order valence-corrected chi connectivity index (χ2v) is 3.86. The van der Waals surface area contributed by atoms with Gasteiger partial charge in [0.15, 0.2) is 0 Å². The van der Waals surface area contributed by atoms with E-state index in [2.05, 4.69) is 17.0 Å². The van der Waals surface area contributed by atoms with Crippen LogP contribution < -0.4 is 5.32 Å². The van der Waals surface area contributed by atoms with E-state index >= 15 is 0 Å². The quantitative estimate of drug-likeness (QED) is 0.534. The van der Waals surface area contributed by atoms with E-state index in [-0.39, 0.29) is 0 Å². The molecule has 0 aliphatic heterocycles. The Hall–Kier alpha value is -0.710. The summed E-state index contributed by atoms with van der Waals surface area (Å²) in [6.07, 6.45) is 2.86. The average Bonchev–Trinajstić information content (AvgIpc) is 2.15. The van der Waals surface area contributed by atoms with Crippen LogP contribution in [0.1, 0.15) is 13.3 Å². The molecule has 0 fully saturated rings. The van der Waals surface area contributed by atoms with Crippen molar-refractivity contribution in [3.8, 4) is 0 Å². The minimum Gasteiger partial charge on any atom is -0.462 e. The van der Waals surface area contributed by atoms with Crippen LogP contribution in [0.25, 0.3) is 0 Å². The summed E-state index contributed by atoms with van der Waals surface area (Å²) in [6.45, 7) is 2.57. The van der Waals surface area contributed by atoms with Gasteiger partial charge >= 0.3 is 11.9 Å². The van der Waals surface area contributed by atoms with Crippen LogP contribution in [-0.2, 0) is 14.3 Å². The SMILES string of the molecule is COC(=O)C(=O)NCCC(C)SC. The Morgan fingerprint density at radius 3 is 2.62 bits per heavy atom. The fourth-order valence-corrected chi connectivity index (χ4v) is 1.03. The van der Waals surface area contributed by atoms with Gasteiger partial charge in [0.05, 0.1) is 7.11 Å². The molecule has 0 aliphatic rings. The Morgan fingerprint density at radius 2 is 2.15 bits per heavy atom. The molecule has 0 aromatic heterocycles. The standard InChI is InChI=1S/C8H15NO3S/c1-6(13-3)4-5-9-7(10)8(11)12-2/h6H,4-5H2,1-3H3,(H,9,10). The molecule has 0 aliphatic carbocycles. The topological polar surface area (TPSA) is 55.4 Å². The zero-order valence-corrected chi connectivity index (χ0v) is 8.94. The summed E-state index contributed by atoms with van der Waals surface area (Å²) in [6, 6.07) is 0. The molecule has 0 bridgehead atoms. The molecular weight excluding hydrogens is 190 g/mol. The first-order valence-corrected chi connectivity index (χ1v) is 5.29. The highest BCUT2D eigenvalue weighted by Gasteiger charge is 2.12. The highest BCUT2D eigenvalue weighted by Crippen LogP contribution is 2.07. The highest BCUT2D eigenvalue weighted by molar-refractivity contribution is 7.99. The summed E-state index contributed by atoms with van der Waals surface area (Å²) in [5.74, 6) is -1.51. The third kappa shape index (κ3) is 5.52. The largest absolute Gasteiger partial charge is 0.462 e. The maximum absolute atomic E-state index is 10.9. The molecule has 1 amide bonds. The van der Waals surface area contributed by atoms with Gasteiger partial charge in [-0.15, -0.1) is 0 Å². The van der Waals surface area contributed by atoms with Gasteiger partial charge in [0.25, 0.3) is 0 Å². The molecule has 0 saturated heterocycles. The van der Waals surface area contributed by atoms with Crippen molar-refractivity contribution in [3.63, 3.8) is 0 Å². The van der Waals surface area contributed by atoms with Crippen molar-refractivity contribution in [3.05, 3.63) is 0 Å². The van der Waals surface area contributed by atoms with Crippen LogP contribution in [0.4, 0.5) is 0 Å². The molecular formula is C8H15NO3S. The van der Waals surface area contributed by atoms with Crippen molar-refractivity contribution >= 4 is 23.6 Å². The summed E-state index contributed by atoms with van der Waals surface area (Å²) in [5, 5.41) is 2.96. The van der Waals surface area contributed by atoms with Gasteiger partial charge < -0.3 is 10.1 Å². The lowest BCUT2D eigenvalue weighted by molar-refractivity contribution is -0.152. The molecule has 76 valence electrons. The van der Waals surface area contributed by atoms with Crippen LogP contribution in [0.3, 0.4) is 0 Å². The molecule has 0 spiro atoms. The number of amides is 1. The first-order chi connectivity index (χ1) is 6.11. The lowest BCUT2D eigenvalue weighted by Gasteiger charge is -2.07. The van der Waals surface area contributed by atoms with Crippen molar-refractivity contribution in [2.75, 3.05) is 19.9 Å². The summed E-state index contributed by atoms with van der Waals surface area (Å²) < 4.78 is 4.24. The van der Waals surface area contributed by atoms with Crippen LogP contribution in [-0.4, -0.2) is 37.0 Å². The molecule has 1 N–H and O–H groups in total. The van der Waals surface area contributed by atoms with Gasteiger partial charge in [-0.1, -0.05) is 6.92 Å². The minimum absolute atomic E-state index is 0.484. The van der Waals surface area contributed by atoms with E-state index in [1.54, 1.807) is 11.8 Å². The van der Waals surface area contributed by atoms with Crippen LogP contribution in [0.15, 0.2) is 0 Å². The van der Waals surface area contributed by atoms with Gasteiger partial charge in [0.1, 0.15) is 0 Å². The first-order valence-electron chi connectivity index (χ1n) is 4.00. The smallest absolute Gasteiger partial charge is 0.396 e. The Kier molecular flexibility index (Phi) is 6.40. The normalized spacial score (nSPS) is 11.9. The van der Waals surface area contributed by atoms with Crippen molar-refractivity contribution < 1.29 is 14.3 Å². The number of carbonyl (C=O) groups is 2. The van der Waals surface area contributed by atoms with E-state index in [0.29, 0.717) is 11.8 Å². The Bertz CT molecular complexity index is 184. The predicted molar refractivity (Wildman–Crippen MR) is 52.6 cm³/mol. The maximum Gasteiger partial charge on any atom is 0.396 e. The van der Waals surface area contributed by atoms with E-state index in [1.807, 2.05) is 6.26 Å². The fraction of sp³-hybridized carbons (Fsp3) is 0.750. The van der Waals surface area contributed by atoms with Crippen molar-refractivity contribution in [1.82, 2.24) is 5.32 Å². The monoisotopic (exact) mass is 205 g/mol. The van der Waals surface area contributed by atoms with Crippen LogP contribution in [0, 0.1) is 0 Å². The highest BCUT2D eigenvalue weighted by atomic mass is 32.2. The van der Waals surface area contributed by atoms with Gasteiger partial charge in [-0.25, -0.2) is 4.79 Å². The molecule has 5 heteroatoms. The van der Waals surface area contributed by atoms with Crippen molar-refractivity contribution in [2.24, 2.45) is 0 Å². The van der Waals surface area contributed by atoms with Gasteiger partial charge in [0.2, 0.25) is 0 Å². The van der Waals surface area contributed by atoms with E-state index in [4.69, 9.17) is 0 Å². The third-order valence-corrected chi connectivity index (χ3v) is 2.65. The Morgan fingerprint density at radius 1 is 1.54 bits per heavy atom. The molecule has 0 heterocycles. The molecule has 0 saturated carbocycles. The summed E-state index contributed by atoms with van der Waals surface area (Å²) in [5.41, 5.74) is 0. The zero-order chi connectivity index (χ0) is 10.3. The number of nitrogens with one attached hydrogen (secondary N) is 1. The molecule has 0 rings (SSSR count). The number of esters is 1. The van der Waals surface area contributed by atoms with Crippen molar-refractivity contribution in [2.45, 2.75) is 18.6 Å². The lowest BCUT2D eigenvalue weighted by atomic mass is 10.3. The molecule has 1 unspecified atom stereocenters. The average molecular weight is 205 g/mol. The van der Waals surface area contributed by atoms with Crippen LogP contribution in [0.5, 0.6) is 0 Å². The first kappa shape index (κ1) is 12.3. The second-order valence-electron chi connectivity index (χ2n) is 2.58. The summed E-state index contributed by atoms with van der Waals surface area (Å²) in [4.78, 5) is 21.5. The minimum atomic E-state index is -0.836. The molecule has 0 radical (unpaired) electrons. The summed E-state index contributed by atoms with van der Waals surface area (Å²) in [7, 11) is 1.19. The maximum atomic E-state index is 10.9. The molecule has 4 nitrogen and oxygen atoms in total. The van der Waals surface area contributed by atoms with E-state index in [0.717, 1.165) is 6.42 Å². The number of rotatable bonds is 4. The summed E-state index contributed by atoms with van der Waals surface area (Å²) >= 11 is 1.72. The van der Waals surface area contributed by atoms with Gasteiger partial charge in [-0.3, -0.25) is 4.79 Å². The molecule has 0 aromatic rings. The number of ether oxygens (including phenoxy) is 1. The molecule has 0 aromatic carbocycles. The zero-order valence-electron chi connectivity index (χ0n) is 8.12. The second kappa shape index (κ2) is 6.77. The molecule has 13 heavy (non-hydrogen) atoms. The Balaban J connectivity index is 3.53. The Labute approximate surface area is 82.4 Å².